The molecule has 5 heteroatoms. The van der Waals surface area contributed by atoms with Crippen LogP contribution in [0.3, 0.4) is 0 Å². The van der Waals surface area contributed by atoms with Crippen LogP contribution in [0.1, 0.15) is 0 Å². The van der Waals surface area contributed by atoms with Crippen molar-refractivity contribution in [3.05, 3.63) is 12.2 Å². The number of carboxylic acids is 1. The molecule has 2 rings (SSSR count). The topological polar surface area (TPSA) is 62.1 Å². The minimum absolute atomic E-state index is 0.0955. The van der Waals surface area contributed by atoms with Gasteiger partial charge in [0.15, 0.2) is 5.71 Å². The number of hydrogen-bond acceptors (Lipinski definition) is 4. The first-order chi connectivity index (χ1) is 6.27. The van der Waals surface area contributed by atoms with Gasteiger partial charge in [-0.1, -0.05) is 6.08 Å². The van der Waals surface area contributed by atoms with Gasteiger partial charge < -0.3 is 9.84 Å². The van der Waals surface area contributed by atoms with Gasteiger partial charge in [-0.25, -0.2) is 4.79 Å². The summed E-state index contributed by atoms with van der Waals surface area (Å²) in [7, 11) is 0. The zero-order valence-corrected chi connectivity index (χ0v) is 7.01. The van der Waals surface area contributed by atoms with Crippen LogP contribution in [0.25, 0.3) is 0 Å². The van der Waals surface area contributed by atoms with Crippen LogP contribution >= 0.6 is 0 Å². The van der Waals surface area contributed by atoms with E-state index in [9.17, 15) is 4.79 Å². The lowest BCUT2D eigenvalue weighted by atomic mass is 10.2. The Kier molecular flexibility index (Phi) is 2.02. The maximum Gasteiger partial charge on any atom is 0.356 e. The van der Waals surface area contributed by atoms with Crippen LogP contribution in [-0.4, -0.2) is 47.6 Å². The van der Waals surface area contributed by atoms with Crippen LogP contribution < -0.4 is 0 Å². The second-order valence-electron chi connectivity index (χ2n) is 3.01. The SMILES string of the molecule is O=C(O)C1=NN(C2COC2)CC=C1. The van der Waals surface area contributed by atoms with E-state index in [2.05, 4.69) is 5.10 Å². The number of rotatable bonds is 2. The lowest BCUT2D eigenvalue weighted by molar-refractivity contribution is -0.129. The van der Waals surface area contributed by atoms with E-state index in [4.69, 9.17) is 9.84 Å². The number of ether oxygens (including phenoxy) is 1. The van der Waals surface area contributed by atoms with Gasteiger partial charge in [0.2, 0.25) is 0 Å². The van der Waals surface area contributed by atoms with Gasteiger partial charge in [0.25, 0.3) is 0 Å². The van der Waals surface area contributed by atoms with Crippen molar-refractivity contribution in [2.45, 2.75) is 6.04 Å². The zero-order valence-electron chi connectivity index (χ0n) is 7.01. The molecule has 0 unspecified atom stereocenters. The van der Waals surface area contributed by atoms with E-state index in [1.165, 1.54) is 6.08 Å². The van der Waals surface area contributed by atoms with Gasteiger partial charge in [0, 0.05) is 0 Å². The summed E-state index contributed by atoms with van der Waals surface area (Å²) in [5.74, 6) is -0.985. The normalized spacial score (nSPS) is 22.5. The molecule has 2 aliphatic rings. The van der Waals surface area contributed by atoms with Crippen LogP contribution in [0, 0.1) is 0 Å². The lowest BCUT2D eigenvalue weighted by Gasteiger charge is -2.35. The minimum Gasteiger partial charge on any atom is -0.476 e. The van der Waals surface area contributed by atoms with Gasteiger partial charge >= 0.3 is 5.97 Å². The highest BCUT2D eigenvalue weighted by atomic mass is 16.5. The zero-order chi connectivity index (χ0) is 9.26. The van der Waals surface area contributed by atoms with Crippen molar-refractivity contribution in [3.8, 4) is 0 Å². The Morgan fingerprint density at radius 2 is 2.46 bits per heavy atom. The Balaban J connectivity index is 2.07. The van der Waals surface area contributed by atoms with E-state index in [0.717, 1.165) is 0 Å². The van der Waals surface area contributed by atoms with Gasteiger partial charge in [-0.15, -0.1) is 0 Å². The second kappa shape index (κ2) is 3.18. The number of hydrazone groups is 1. The first kappa shape index (κ1) is 8.25. The second-order valence-corrected chi connectivity index (χ2v) is 3.01. The first-order valence-electron chi connectivity index (χ1n) is 4.10. The van der Waals surface area contributed by atoms with Crippen LogP contribution in [0.4, 0.5) is 0 Å². The summed E-state index contributed by atoms with van der Waals surface area (Å²) in [4.78, 5) is 10.6. The molecule has 0 amide bonds. The molecule has 2 heterocycles. The molecule has 2 aliphatic heterocycles. The van der Waals surface area contributed by atoms with Crippen molar-refractivity contribution in [1.29, 1.82) is 0 Å². The van der Waals surface area contributed by atoms with E-state index in [1.54, 1.807) is 11.1 Å². The third kappa shape index (κ3) is 1.55. The number of aliphatic carboxylic acids is 1. The highest BCUT2D eigenvalue weighted by Gasteiger charge is 2.26. The first-order valence-corrected chi connectivity index (χ1v) is 4.10. The van der Waals surface area contributed by atoms with E-state index < -0.39 is 5.97 Å². The average molecular weight is 182 g/mol. The fourth-order valence-electron chi connectivity index (χ4n) is 1.22. The van der Waals surface area contributed by atoms with Crippen LogP contribution in [0.2, 0.25) is 0 Å². The molecule has 0 spiro atoms. The molecule has 0 aromatic heterocycles. The van der Waals surface area contributed by atoms with Crippen molar-refractivity contribution < 1.29 is 14.6 Å². The molecule has 0 aromatic rings. The number of nitrogens with zero attached hydrogens (tertiary/aromatic N) is 2. The predicted molar refractivity (Wildman–Crippen MR) is 45.5 cm³/mol. The van der Waals surface area contributed by atoms with Crippen LogP contribution in [0.15, 0.2) is 17.3 Å². The molecule has 13 heavy (non-hydrogen) atoms. The van der Waals surface area contributed by atoms with Crippen molar-refractivity contribution in [1.82, 2.24) is 5.01 Å². The van der Waals surface area contributed by atoms with E-state index in [-0.39, 0.29) is 11.8 Å². The lowest BCUT2D eigenvalue weighted by Crippen LogP contribution is -2.47. The van der Waals surface area contributed by atoms with Crippen molar-refractivity contribution in [2.75, 3.05) is 19.8 Å². The number of hydrogen-bond donors (Lipinski definition) is 1. The highest BCUT2D eigenvalue weighted by molar-refractivity contribution is 6.40. The predicted octanol–water partition coefficient (Wildman–Crippen LogP) is -0.302. The molecule has 0 radical (unpaired) electrons. The van der Waals surface area contributed by atoms with Gasteiger partial charge in [0.1, 0.15) is 0 Å². The fourth-order valence-corrected chi connectivity index (χ4v) is 1.22. The Morgan fingerprint density at radius 3 is 3.00 bits per heavy atom. The van der Waals surface area contributed by atoms with Crippen molar-refractivity contribution >= 4 is 11.7 Å². The van der Waals surface area contributed by atoms with E-state index in [1.807, 2.05) is 0 Å². The summed E-state index contributed by atoms with van der Waals surface area (Å²) in [6.45, 7) is 1.96. The number of carbonyl (C=O) groups is 1. The molecule has 1 N–H and O–H groups in total. The highest BCUT2D eigenvalue weighted by Crippen LogP contribution is 2.13. The molecule has 70 valence electrons. The molecule has 1 fully saturated rings. The molecular weight excluding hydrogens is 172 g/mol. The molecule has 0 saturated carbocycles. The van der Waals surface area contributed by atoms with Gasteiger partial charge in [-0.2, -0.15) is 5.10 Å². The fraction of sp³-hybridized carbons (Fsp3) is 0.500. The summed E-state index contributed by atoms with van der Waals surface area (Å²) < 4.78 is 5.00. The molecular formula is C8H10N2O3. The summed E-state index contributed by atoms with van der Waals surface area (Å²) in [5.41, 5.74) is 0.0955. The molecule has 0 atom stereocenters. The van der Waals surface area contributed by atoms with E-state index in [0.29, 0.717) is 19.8 Å². The van der Waals surface area contributed by atoms with Gasteiger partial charge in [-0.05, 0) is 6.08 Å². The Bertz CT molecular complexity index is 281. The molecule has 0 aliphatic carbocycles. The monoisotopic (exact) mass is 182 g/mol. The largest absolute Gasteiger partial charge is 0.476 e. The summed E-state index contributed by atoms with van der Waals surface area (Å²) in [6, 6.07) is 0.249. The maximum absolute atomic E-state index is 10.6. The van der Waals surface area contributed by atoms with Crippen molar-refractivity contribution in [3.63, 3.8) is 0 Å². The molecule has 5 nitrogen and oxygen atoms in total. The summed E-state index contributed by atoms with van der Waals surface area (Å²) in [6.07, 6.45) is 3.33. The van der Waals surface area contributed by atoms with Gasteiger partial charge in [0.05, 0.1) is 25.8 Å². The summed E-state index contributed by atoms with van der Waals surface area (Å²) >= 11 is 0. The minimum atomic E-state index is -0.985. The molecule has 0 aromatic carbocycles. The molecule has 0 bridgehead atoms. The number of carboxylic acid groups (broad SMARTS) is 1. The van der Waals surface area contributed by atoms with Crippen LogP contribution in [0.5, 0.6) is 0 Å². The standard InChI is InChI=1S/C8H10N2O3/c11-8(12)7-2-1-3-10(9-7)6-4-13-5-6/h1-2,6H,3-5H2,(H,11,12). The Morgan fingerprint density at radius 1 is 1.69 bits per heavy atom. The average Bonchev–Trinajstić information content (AvgIpc) is 2.01. The molecule has 1 saturated heterocycles. The smallest absolute Gasteiger partial charge is 0.356 e. The van der Waals surface area contributed by atoms with Crippen LogP contribution in [-0.2, 0) is 9.53 Å². The van der Waals surface area contributed by atoms with Gasteiger partial charge in [-0.3, -0.25) is 5.01 Å². The maximum atomic E-state index is 10.6. The quantitative estimate of drug-likeness (QED) is 0.636. The summed E-state index contributed by atoms with van der Waals surface area (Å²) in [5, 5.41) is 14.4. The Hall–Kier alpha value is -1.36. The van der Waals surface area contributed by atoms with E-state index >= 15 is 0 Å². The third-order valence-corrected chi connectivity index (χ3v) is 2.07. The third-order valence-electron chi connectivity index (χ3n) is 2.07. The Labute approximate surface area is 75.3 Å². The van der Waals surface area contributed by atoms with Crippen molar-refractivity contribution in [2.24, 2.45) is 5.10 Å².